The third-order valence-electron chi connectivity index (χ3n) is 3.20. The molecule has 2 heterocycles. The highest BCUT2D eigenvalue weighted by Crippen LogP contribution is 2.25. The Kier molecular flexibility index (Phi) is 2.82. The second-order valence-electron chi connectivity index (χ2n) is 4.56. The number of aromatic nitrogens is 4. The lowest BCUT2D eigenvalue weighted by atomic mass is 10.2. The van der Waals surface area contributed by atoms with Crippen molar-refractivity contribution in [3.63, 3.8) is 0 Å². The van der Waals surface area contributed by atoms with Gasteiger partial charge in [-0.1, -0.05) is 21.1 Å². The minimum atomic E-state index is 0.502. The minimum absolute atomic E-state index is 0.502. The number of fused-ring (bicyclic) bond motifs is 1. The van der Waals surface area contributed by atoms with Crippen molar-refractivity contribution in [3.05, 3.63) is 53.3 Å². The van der Waals surface area contributed by atoms with Crippen molar-refractivity contribution in [2.24, 2.45) is 0 Å². The van der Waals surface area contributed by atoms with E-state index in [-0.39, 0.29) is 0 Å². The van der Waals surface area contributed by atoms with E-state index >= 15 is 0 Å². The van der Waals surface area contributed by atoms with Crippen molar-refractivity contribution in [3.8, 4) is 22.8 Å². The lowest BCUT2D eigenvalue weighted by molar-refractivity contribution is 0.432. The van der Waals surface area contributed by atoms with Gasteiger partial charge in [0.1, 0.15) is 0 Å². The van der Waals surface area contributed by atoms with E-state index in [0.29, 0.717) is 11.7 Å². The summed E-state index contributed by atoms with van der Waals surface area (Å²) in [6.07, 6.45) is 1.66. The number of nitrogens with zero attached hydrogens (tertiary/aromatic N) is 3. The van der Waals surface area contributed by atoms with E-state index < -0.39 is 0 Å². The van der Waals surface area contributed by atoms with E-state index in [0.717, 1.165) is 26.6 Å². The first kappa shape index (κ1) is 12.3. The number of hydrogen-bond acceptors (Lipinski definition) is 4. The third-order valence-corrected chi connectivity index (χ3v) is 3.72. The molecule has 0 aliphatic heterocycles. The van der Waals surface area contributed by atoms with Crippen molar-refractivity contribution in [1.82, 2.24) is 20.1 Å². The second kappa shape index (κ2) is 4.82. The van der Waals surface area contributed by atoms with Crippen LogP contribution in [0.4, 0.5) is 0 Å². The van der Waals surface area contributed by atoms with E-state index in [9.17, 15) is 0 Å². The summed E-state index contributed by atoms with van der Waals surface area (Å²) < 4.78 is 6.35. The highest BCUT2D eigenvalue weighted by Gasteiger charge is 2.11. The Morgan fingerprint density at radius 2 is 1.81 bits per heavy atom. The smallest absolute Gasteiger partial charge is 0.258 e. The second-order valence-corrected chi connectivity index (χ2v) is 5.48. The molecule has 0 saturated heterocycles. The van der Waals surface area contributed by atoms with Gasteiger partial charge in [-0.15, -0.1) is 0 Å². The summed E-state index contributed by atoms with van der Waals surface area (Å²) in [6.45, 7) is 0. The Hall–Kier alpha value is -2.47. The fourth-order valence-electron chi connectivity index (χ4n) is 2.13. The predicted octanol–water partition coefficient (Wildman–Crippen LogP) is 4.04. The molecule has 0 spiro atoms. The highest BCUT2D eigenvalue weighted by molar-refractivity contribution is 9.10. The summed E-state index contributed by atoms with van der Waals surface area (Å²) in [6, 6.07) is 13.6. The van der Waals surface area contributed by atoms with Crippen LogP contribution in [0.1, 0.15) is 0 Å². The topological polar surface area (TPSA) is 67.6 Å². The van der Waals surface area contributed by atoms with E-state index in [1.165, 1.54) is 0 Å². The Morgan fingerprint density at radius 1 is 1.00 bits per heavy atom. The Morgan fingerprint density at radius 3 is 2.67 bits per heavy atom. The van der Waals surface area contributed by atoms with Crippen molar-refractivity contribution >= 4 is 27.0 Å². The predicted molar refractivity (Wildman–Crippen MR) is 82.5 cm³/mol. The lowest BCUT2D eigenvalue weighted by Crippen LogP contribution is -1.82. The molecule has 2 aromatic carbocycles. The Labute approximate surface area is 128 Å². The summed E-state index contributed by atoms with van der Waals surface area (Å²) in [5.41, 5.74) is 3.64. The zero-order valence-corrected chi connectivity index (χ0v) is 12.3. The number of rotatable bonds is 2. The number of nitrogens with one attached hydrogen (secondary N) is 1. The largest absolute Gasteiger partial charge is 0.345 e. The van der Waals surface area contributed by atoms with Crippen LogP contribution in [0.3, 0.4) is 0 Å². The van der Waals surface area contributed by atoms with Gasteiger partial charge in [0.15, 0.2) is 0 Å². The number of H-pyrrole nitrogens is 1. The van der Waals surface area contributed by atoms with Gasteiger partial charge in [0.05, 0.1) is 17.4 Å². The molecule has 0 aliphatic rings. The summed E-state index contributed by atoms with van der Waals surface area (Å²) in [4.78, 5) is 11.7. The third kappa shape index (κ3) is 2.23. The number of hydrogen-bond donors (Lipinski definition) is 1. The van der Waals surface area contributed by atoms with Crippen LogP contribution in [-0.2, 0) is 0 Å². The van der Waals surface area contributed by atoms with Crippen LogP contribution in [0.2, 0.25) is 0 Å². The van der Waals surface area contributed by atoms with Crippen molar-refractivity contribution in [1.29, 1.82) is 0 Å². The van der Waals surface area contributed by atoms with Gasteiger partial charge in [0, 0.05) is 15.6 Å². The van der Waals surface area contributed by atoms with Gasteiger partial charge >= 0.3 is 0 Å². The summed E-state index contributed by atoms with van der Waals surface area (Å²) in [7, 11) is 0. The standard InChI is InChI=1S/C15H9BrN4O/c16-11-4-1-9(2-5-11)15-19-14(20-21-15)10-3-6-12-13(7-10)18-8-17-12/h1-8H,(H,17,18). The maximum atomic E-state index is 5.34. The number of imidazole rings is 1. The number of halogens is 1. The molecule has 0 radical (unpaired) electrons. The normalized spacial score (nSPS) is 11.1. The Balaban J connectivity index is 1.74. The number of benzene rings is 2. The molecule has 5 nitrogen and oxygen atoms in total. The first-order chi connectivity index (χ1) is 10.3. The van der Waals surface area contributed by atoms with Crippen molar-refractivity contribution < 1.29 is 4.52 Å². The first-order valence-electron chi connectivity index (χ1n) is 6.33. The zero-order chi connectivity index (χ0) is 14.2. The maximum Gasteiger partial charge on any atom is 0.258 e. The number of aromatic amines is 1. The Bertz CT molecular complexity index is 911. The SMILES string of the molecule is Brc1ccc(-c2nc(-c3ccc4nc[nH]c4c3)no2)cc1. The molecule has 0 unspecified atom stereocenters. The fourth-order valence-corrected chi connectivity index (χ4v) is 2.39. The van der Waals surface area contributed by atoms with Gasteiger partial charge < -0.3 is 9.51 Å². The molecule has 0 atom stereocenters. The van der Waals surface area contributed by atoms with Gasteiger partial charge in [-0.2, -0.15) is 4.98 Å². The van der Waals surface area contributed by atoms with E-state index in [2.05, 4.69) is 36.0 Å². The molecule has 0 amide bonds. The zero-order valence-electron chi connectivity index (χ0n) is 10.7. The maximum absolute atomic E-state index is 5.34. The van der Waals surface area contributed by atoms with Crippen LogP contribution < -0.4 is 0 Å². The van der Waals surface area contributed by atoms with Crippen LogP contribution in [0.5, 0.6) is 0 Å². The lowest BCUT2D eigenvalue weighted by Gasteiger charge is -1.94. The molecule has 0 aliphatic carbocycles. The quantitative estimate of drug-likeness (QED) is 0.597. The van der Waals surface area contributed by atoms with Gasteiger partial charge in [0.25, 0.3) is 5.89 Å². The molecule has 0 bridgehead atoms. The van der Waals surface area contributed by atoms with E-state index in [4.69, 9.17) is 4.52 Å². The molecule has 0 fully saturated rings. The van der Waals surface area contributed by atoms with E-state index in [1.807, 2.05) is 42.5 Å². The molecular weight excluding hydrogens is 332 g/mol. The molecule has 0 saturated carbocycles. The monoisotopic (exact) mass is 340 g/mol. The van der Waals surface area contributed by atoms with Crippen LogP contribution in [0, 0.1) is 0 Å². The first-order valence-corrected chi connectivity index (χ1v) is 7.12. The molecular formula is C15H9BrN4O. The minimum Gasteiger partial charge on any atom is -0.345 e. The molecule has 6 heteroatoms. The summed E-state index contributed by atoms with van der Waals surface area (Å²) >= 11 is 3.40. The molecule has 4 rings (SSSR count). The van der Waals surface area contributed by atoms with Gasteiger partial charge in [-0.25, -0.2) is 4.98 Å². The molecule has 21 heavy (non-hydrogen) atoms. The highest BCUT2D eigenvalue weighted by atomic mass is 79.9. The van der Waals surface area contributed by atoms with Crippen molar-refractivity contribution in [2.45, 2.75) is 0 Å². The molecule has 1 N–H and O–H groups in total. The average molecular weight is 341 g/mol. The summed E-state index contributed by atoms with van der Waals surface area (Å²) in [5.74, 6) is 1.06. The molecule has 2 aromatic heterocycles. The van der Waals surface area contributed by atoms with Gasteiger partial charge in [-0.3, -0.25) is 0 Å². The fraction of sp³-hybridized carbons (Fsp3) is 0. The van der Waals surface area contributed by atoms with Gasteiger partial charge in [-0.05, 0) is 42.5 Å². The molecule has 102 valence electrons. The van der Waals surface area contributed by atoms with Gasteiger partial charge in [0.2, 0.25) is 5.82 Å². The van der Waals surface area contributed by atoms with E-state index in [1.54, 1.807) is 6.33 Å². The van der Waals surface area contributed by atoms with Crippen LogP contribution in [0.15, 0.2) is 57.8 Å². The van der Waals surface area contributed by atoms with Crippen LogP contribution in [-0.4, -0.2) is 20.1 Å². The summed E-state index contributed by atoms with van der Waals surface area (Å²) in [5, 5.41) is 4.04. The van der Waals surface area contributed by atoms with Crippen LogP contribution in [0.25, 0.3) is 33.9 Å². The van der Waals surface area contributed by atoms with Crippen LogP contribution >= 0.6 is 15.9 Å². The average Bonchev–Trinajstić information content (AvgIpc) is 3.16. The van der Waals surface area contributed by atoms with Crippen molar-refractivity contribution in [2.75, 3.05) is 0 Å². The molecule has 4 aromatic rings.